The normalized spacial score (nSPS) is 18.1. The number of halogens is 1. The van der Waals surface area contributed by atoms with Crippen LogP contribution in [0.15, 0.2) is 24.3 Å². The number of hydrogen-bond donors (Lipinski definition) is 0. The van der Waals surface area contributed by atoms with Gasteiger partial charge in [-0.05, 0) is 37.0 Å². The summed E-state index contributed by atoms with van der Waals surface area (Å²) in [6.07, 6.45) is 2.60. The zero-order chi connectivity index (χ0) is 16.1. The standard InChI is InChI=1S/C17H23ClN2O2/c1-13-5-4-9-19(12-13)17(22)8-10-20(14(2)21)16-7-3-6-15(18)11-16/h3,6-7,11,13H,4-5,8-10,12H2,1-2H3. The molecule has 0 radical (unpaired) electrons. The van der Waals surface area contributed by atoms with Gasteiger partial charge in [0.1, 0.15) is 0 Å². The van der Waals surface area contributed by atoms with Crippen LogP contribution in [0.3, 0.4) is 0 Å². The molecule has 1 fully saturated rings. The SMILES string of the molecule is CC(=O)N(CCC(=O)N1CCCC(C)C1)c1cccc(Cl)c1. The van der Waals surface area contributed by atoms with E-state index in [1.165, 1.54) is 13.3 Å². The van der Waals surface area contributed by atoms with E-state index in [0.29, 0.717) is 23.9 Å². The number of nitrogens with zero attached hydrogens (tertiary/aromatic N) is 2. The lowest BCUT2D eigenvalue weighted by atomic mass is 10.00. The minimum Gasteiger partial charge on any atom is -0.342 e. The van der Waals surface area contributed by atoms with Crippen LogP contribution in [0, 0.1) is 5.92 Å². The molecule has 1 heterocycles. The molecule has 2 amide bonds. The molecule has 5 heteroatoms. The van der Waals surface area contributed by atoms with Crippen LogP contribution in [-0.4, -0.2) is 36.3 Å². The molecule has 0 spiro atoms. The van der Waals surface area contributed by atoms with Gasteiger partial charge in [-0.25, -0.2) is 0 Å². The van der Waals surface area contributed by atoms with Crippen molar-refractivity contribution >= 4 is 29.1 Å². The lowest BCUT2D eigenvalue weighted by Crippen LogP contribution is -2.41. The van der Waals surface area contributed by atoms with Crippen molar-refractivity contribution in [3.05, 3.63) is 29.3 Å². The van der Waals surface area contributed by atoms with E-state index in [0.717, 1.165) is 25.2 Å². The topological polar surface area (TPSA) is 40.6 Å². The van der Waals surface area contributed by atoms with Gasteiger partial charge in [-0.3, -0.25) is 9.59 Å². The fourth-order valence-corrected chi connectivity index (χ4v) is 3.08. The first-order chi connectivity index (χ1) is 10.5. The molecule has 1 aromatic rings. The summed E-state index contributed by atoms with van der Waals surface area (Å²) in [4.78, 5) is 27.7. The summed E-state index contributed by atoms with van der Waals surface area (Å²) in [5.41, 5.74) is 0.736. The maximum absolute atomic E-state index is 12.3. The monoisotopic (exact) mass is 322 g/mol. The van der Waals surface area contributed by atoms with Crippen LogP contribution in [0.5, 0.6) is 0 Å². The largest absolute Gasteiger partial charge is 0.342 e. The van der Waals surface area contributed by atoms with Crippen molar-refractivity contribution in [2.24, 2.45) is 5.92 Å². The third-order valence-corrected chi connectivity index (χ3v) is 4.29. The van der Waals surface area contributed by atoms with Gasteiger partial charge in [0.05, 0.1) is 0 Å². The van der Waals surface area contributed by atoms with E-state index in [1.807, 2.05) is 17.0 Å². The van der Waals surface area contributed by atoms with Crippen molar-refractivity contribution in [3.63, 3.8) is 0 Å². The molecule has 22 heavy (non-hydrogen) atoms. The van der Waals surface area contributed by atoms with Gasteiger partial charge in [0.25, 0.3) is 0 Å². The summed E-state index contributed by atoms with van der Waals surface area (Å²) in [6.45, 7) is 5.73. The van der Waals surface area contributed by atoms with Crippen LogP contribution in [-0.2, 0) is 9.59 Å². The van der Waals surface area contributed by atoms with E-state index in [-0.39, 0.29) is 11.8 Å². The number of likely N-dealkylation sites (tertiary alicyclic amines) is 1. The second-order valence-corrected chi connectivity index (χ2v) is 6.42. The Hall–Kier alpha value is -1.55. The Labute approximate surface area is 137 Å². The molecule has 1 aliphatic rings. The van der Waals surface area contributed by atoms with Crippen LogP contribution in [0.1, 0.15) is 33.1 Å². The smallest absolute Gasteiger partial charge is 0.224 e. The van der Waals surface area contributed by atoms with Gasteiger partial charge in [-0.2, -0.15) is 0 Å². The van der Waals surface area contributed by atoms with Gasteiger partial charge in [0.2, 0.25) is 11.8 Å². The van der Waals surface area contributed by atoms with Crippen LogP contribution in [0.25, 0.3) is 0 Å². The number of piperidine rings is 1. The summed E-state index contributed by atoms with van der Waals surface area (Å²) in [7, 11) is 0. The Kier molecular flexibility index (Phi) is 5.83. The summed E-state index contributed by atoms with van der Waals surface area (Å²) in [5, 5.41) is 0.583. The molecule has 1 aliphatic heterocycles. The van der Waals surface area contributed by atoms with E-state index < -0.39 is 0 Å². The predicted octanol–water partition coefficient (Wildman–Crippen LogP) is 3.34. The fourth-order valence-electron chi connectivity index (χ4n) is 2.89. The molecule has 0 aliphatic carbocycles. The lowest BCUT2D eigenvalue weighted by molar-refractivity contribution is -0.132. The van der Waals surface area contributed by atoms with Crippen molar-refractivity contribution in [1.29, 1.82) is 0 Å². The Bertz CT molecular complexity index is 547. The molecular formula is C17H23ClN2O2. The van der Waals surface area contributed by atoms with Crippen LogP contribution >= 0.6 is 11.6 Å². The third kappa shape index (κ3) is 4.47. The number of carbonyl (C=O) groups excluding carboxylic acids is 2. The molecule has 0 aromatic heterocycles. The summed E-state index contributed by atoms with van der Waals surface area (Å²) >= 11 is 5.98. The zero-order valence-electron chi connectivity index (χ0n) is 13.2. The van der Waals surface area contributed by atoms with Crippen molar-refractivity contribution in [2.45, 2.75) is 33.1 Å². The minimum atomic E-state index is -0.0814. The average molecular weight is 323 g/mol. The van der Waals surface area contributed by atoms with Gasteiger partial charge in [-0.15, -0.1) is 0 Å². The summed E-state index contributed by atoms with van der Waals surface area (Å²) < 4.78 is 0. The first-order valence-corrected chi connectivity index (χ1v) is 8.16. The number of hydrogen-bond acceptors (Lipinski definition) is 2. The van der Waals surface area contributed by atoms with Crippen LogP contribution in [0.4, 0.5) is 5.69 Å². The van der Waals surface area contributed by atoms with E-state index in [4.69, 9.17) is 11.6 Å². The maximum atomic E-state index is 12.3. The van der Waals surface area contributed by atoms with Gasteiger partial charge in [0.15, 0.2) is 0 Å². The Balaban J connectivity index is 1.97. The number of amides is 2. The van der Waals surface area contributed by atoms with Gasteiger partial charge in [-0.1, -0.05) is 24.6 Å². The lowest BCUT2D eigenvalue weighted by Gasteiger charge is -2.31. The van der Waals surface area contributed by atoms with Crippen molar-refractivity contribution in [1.82, 2.24) is 4.90 Å². The molecular weight excluding hydrogens is 300 g/mol. The van der Waals surface area contributed by atoms with Crippen LogP contribution < -0.4 is 4.90 Å². The Morgan fingerprint density at radius 1 is 1.41 bits per heavy atom. The quantitative estimate of drug-likeness (QED) is 0.853. The highest BCUT2D eigenvalue weighted by Gasteiger charge is 2.22. The van der Waals surface area contributed by atoms with E-state index in [1.54, 1.807) is 17.0 Å². The highest BCUT2D eigenvalue weighted by Crippen LogP contribution is 2.21. The van der Waals surface area contributed by atoms with E-state index in [2.05, 4.69) is 6.92 Å². The van der Waals surface area contributed by atoms with Crippen molar-refractivity contribution < 1.29 is 9.59 Å². The van der Waals surface area contributed by atoms with E-state index >= 15 is 0 Å². The van der Waals surface area contributed by atoms with Crippen molar-refractivity contribution in [3.8, 4) is 0 Å². The second-order valence-electron chi connectivity index (χ2n) is 5.99. The first-order valence-electron chi connectivity index (χ1n) is 7.79. The van der Waals surface area contributed by atoms with E-state index in [9.17, 15) is 9.59 Å². The highest BCUT2D eigenvalue weighted by molar-refractivity contribution is 6.30. The van der Waals surface area contributed by atoms with Gasteiger partial charge < -0.3 is 9.80 Å². The molecule has 120 valence electrons. The minimum absolute atomic E-state index is 0.0814. The molecule has 0 saturated carbocycles. The summed E-state index contributed by atoms with van der Waals surface area (Å²) in [5.74, 6) is 0.608. The van der Waals surface area contributed by atoms with Crippen molar-refractivity contribution in [2.75, 3.05) is 24.5 Å². The molecule has 2 rings (SSSR count). The fraction of sp³-hybridized carbons (Fsp3) is 0.529. The number of carbonyl (C=O) groups is 2. The van der Waals surface area contributed by atoms with Gasteiger partial charge in [0, 0.05) is 43.7 Å². The molecule has 0 bridgehead atoms. The molecule has 0 N–H and O–H groups in total. The van der Waals surface area contributed by atoms with Gasteiger partial charge >= 0.3 is 0 Å². The number of rotatable bonds is 4. The first kappa shape index (κ1) is 16.8. The highest BCUT2D eigenvalue weighted by atomic mass is 35.5. The maximum Gasteiger partial charge on any atom is 0.224 e. The Morgan fingerprint density at radius 3 is 2.82 bits per heavy atom. The molecule has 1 aromatic carbocycles. The molecule has 1 atom stereocenters. The summed E-state index contributed by atoms with van der Waals surface area (Å²) in [6, 6.07) is 7.16. The number of anilines is 1. The molecule has 1 saturated heterocycles. The zero-order valence-corrected chi connectivity index (χ0v) is 14.0. The third-order valence-electron chi connectivity index (χ3n) is 4.06. The second kappa shape index (κ2) is 7.63. The Morgan fingerprint density at radius 2 is 2.18 bits per heavy atom. The molecule has 4 nitrogen and oxygen atoms in total. The molecule has 1 unspecified atom stereocenters. The predicted molar refractivity (Wildman–Crippen MR) is 89.1 cm³/mol. The number of benzene rings is 1. The average Bonchev–Trinajstić information content (AvgIpc) is 2.47. The van der Waals surface area contributed by atoms with Crippen LogP contribution in [0.2, 0.25) is 5.02 Å².